The summed E-state index contributed by atoms with van der Waals surface area (Å²) in [5, 5.41) is 5.54. The third-order valence-corrected chi connectivity index (χ3v) is 6.36. The average Bonchev–Trinajstić information content (AvgIpc) is 3.10. The molecule has 6 nitrogen and oxygen atoms in total. The molecule has 2 saturated heterocycles. The maximum Gasteiger partial charge on any atom is 0.255 e. The summed E-state index contributed by atoms with van der Waals surface area (Å²) in [6.45, 7) is 4.10. The van der Waals surface area contributed by atoms with Crippen molar-refractivity contribution in [2.24, 2.45) is 0 Å². The number of hydrogen-bond donors (Lipinski definition) is 2. The second-order valence-corrected chi connectivity index (χ2v) is 8.61. The lowest BCUT2D eigenvalue weighted by Crippen LogP contribution is -2.52. The van der Waals surface area contributed by atoms with Crippen LogP contribution >= 0.6 is 0 Å². The molecule has 0 aliphatic carbocycles. The summed E-state index contributed by atoms with van der Waals surface area (Å²) in [6.07, 6.45) is 2.28. The van der Waals surface area contributed by atoms with Gasteiger partial charge in [-0.1, -0.05) is 42.0 Å². The largest absolute Gasteiger partial charge is 0.322 e. The van der Waals surface area contributed by atoms with Crippen LogP contribution in [-0.2, 0) is 16.1 Å². The van der Waals surface area contributed by atoms with Gasteiger partial charge in [-0.05, 0) is 62.4 Å². The number of nitrogens with zero attached hydrogens (tertiary/aromatic N) is 1. The lowest BCUT2D eigenvalue weighted by molar-refractivity contribution is -0.136. The smallest absolute Gasteiger partial charge is 0.255 e. The van der Waals surface area contributed by atoms with E-state index in [4.69, 9.17) is 0 Å². The van der Waals surface area contributed by atoms with Gasteiger partial charge < -0.3 is 10.2 Å². The summed E-state index contributed by atoms with van der Waals surface area (Å²) >= 11 is 0. The first-order valence-electron chi connectivity index (χ1n) is 11.1. The Hall–Kier alpha value is -3.06. The highest BCUT2D eigenvalue weighted by Gasteiger charge is 2.39. The molecule has 3 aliphatic heterocycles. The number of rotatable bonds is 2. The van der Waals surface area contributed by atoms with Crippen LogP contribution in [0.15, 0.2) is 42.5 Å². The summed E-state index contributed by atoms with van der Waals surface area (Å²) in [4.78, 5) is 37.5. The van der Waals surface area contributed by atoms with E-state index in [0.29, 0.717) is 24.1 Å². The lowest BCUT2D eigenvalue weighted by Gasteiger charge is -2.29. The van der Waals surface area contributed by atoms with Crippen molar-refractivity contribution in [1.82, 2.24) is 15.5 Å². The summed E-state index contributed by atoms with van der Waals surface area (Å²) in [6, 6.07) is 12.7. The topological polar surface area (TPSA) is 78.5 Å². The molecule has 0 aromatic heterocycles. The molecule has 1 atom stereocenters. The van der Waals surface area contributed by atoms with E-state index in [1.807, 2.05) is 18.2 Å². The minimum Gasteiger partial charge on any atom is -0.322 e. The van der Waals surface area contributed by atoms with Crippen LogP contribution in [0, 0.1) is 12.7 Å². The molecule has 0 saturated carbocycles. The fourth-order valence-corrected chi connectivity index (χ4v) is 4.59. The molecule has 7 heteroatoms. The number of aryl methyl sites for hydroxylation is 1. The van der Waals surface area contributed by atoms with Gasteiger partial charge in [-0.2, -0.15) is 0 Å². The highest BCUT2D eigenvalue weighted by atomic mass is 19.1. The van der Waals surface area contributed by atoms with Gasteiger partial charge in [0.2, 0.25) is 11.8 Å². The lowest BCUT2D eigenvalue weighted by atomic mass is 9.88. The van der Waals surface area contributed by atoms with Gasteiger partial charge >= 0.3 is 0 Å². The zero-order chi connectivity index (χ0) is 22.7. The van der Waals surface area contributed by atoms with E-state index in [2.05, 4.69) is 29.7 Å². The van der Waals surface area contributed by atoms with E-state index in [1.54, 1.807) is 6.07 Å². The maximum atomic E-state index is 14.6. The van der Waals surface area contributed by atoms with Gasteiger partial charge in [-0.15, -0.1) is 0 Å². The van der Waals surface area contributed by atoms with Crippen molar-refractivity contribution in [2.75, 3.05) is 13.1 Å². The predicted molar refractivity (Wildman–Crippen MR) is 118 cm³/mol. The third-order valence-electron chi connectivity index (χ3n) is 6.36. The number of nitrogens with one attached hydrogen (secondary N) is 2. The number of halogens is 1. The normalized spacial score (nSPS) is 21.0. The number of amides is 3. The van der Waals surface area contributed by atoms with Crippen LogP contribution in [0.25, 0.3) is 0 Å². The maximum absolute atomic E-state index is 14.6. The van der Waals surface area contributed by atoms with Crippen molar-refractivity contribution in [2.45, 2.75) is 51.1 Å². The average molecular weight is 438 g/mol. The molecule has 2 aromatic carbocycles. The van der Waals surface area contributed by atoms with E-state index in [0.717, 1.165) is 31.5 Å². The van der Waals surface area contributed by atoms with E-state index in [9.17, 15) is 18.8 Å². The van der Waals surface area contributed by atoms with Crippen molar-refractivity contribution in [1.29, 1.82) is 0 Å². The van der Waals surface area contributed by atoms with E-state index < -0.39 is 11.9 Å². The zero-order valence-corrected chi connectivity index (χ0v) is 18.2. The number of carbonyl (C=O) groups is 3. The minimum atomic E-state index is -0.664. The first-order chi connectivity index (χ1) is 15.4. The van der Waals surface area contributed by atoms with Gasteiger partial charge in [0, 0.05) is 18.5 Å². The molecule has 3 amide bonds. The molecule has 2 N–H and O–H groups in total. The summed E-state index contributed by atoms with van der Waals surface area (Å²) in [5.74, 6) is -1.28. The van der Waals surface area contributed by atoms with E-state index in [1.165, 1.54) is 16.5 Å². The van der Waals surface area contributed by atoms with Gasteiger partial charge in [-0.25, -0.2) is 4.39 Å². The van der Waals surface area contributed by atoms with E-state index in [-0.39, 0.29) is 30.0 Å². The molecule has 1 unspecified atom stereocenters. The first-order valence-corrected chi connectivity index (χ1v) is 11.1. The molecule has 32 heavy (non-hydrogen) atoms. The Morgan fingerprint density at radius 2 is 1.72 bits per heavy atom. The van der Waals surface area contributed by atoms with Crippen molar-refractivity contribution in [3.05, 3.63) is 70.5 Å². The molecule has 0 bridgehead atoms. The first kappa shape index (κ1) is 22.1. The Kier molecular flexibility index (Phi) is 6.65. The van der Waals surface area contributed by atoms with Crippen LogP contribution in [0.2, 0.25) is 0 Å². The highest BCUT2D eigenvalue weighted by molar-refractivity contribution is 6.05. The number of carbonyl (C=O) groups excluding carboxylic acids is 3. The van der Waals surface area contributed by atoms with Gasteiger partial charge in [0.15, 0.2) is 0 Å². The van der Waals surface area contributed by atoms with Crippen LogP contribution in [0.5, 0.6) is 0 Å². The third kappa shape index (κ3) is 4.72. The Balaban J connectivity index is 0.000000300. The standard InChI is InChI=1S/C18H20FN3O3.C7H8/c19-14-8-13-11(7-12(14)10-3-5-20-6-4-10)9-22(18(13)25)15-1-2-16(23)21-17(15)24;1-7-5-3-2-4-6-7/h7-8,10,15,20H,1-6,9H2,(H,21,23,24);2-6H,1H3. The Morgan fingerprint density at radius 3 is 2.34 bits per heavy atom. The fraction of sp³-hybridized carbons (Fsp3) is 0.400. The second kappa shape index (κ2) is 9.61. The number of benzene rings is 2. The molecule has 0 spiro atoms. The van der Waals surface area contributed by atoms with Crippen LogP contribution in [0.4, 0.5) is 4.39 Å². The zero-order valence-electron chi connectivity index (χ0n) is 18.2. The molecular formula is C25H28FN3O3. The summed E-state index contributed by atoms with van der Waals surface area (Å²) in [5.41, 5.74) is 3.09. The second-order valence-electron chi connectivity index (χ2n) is 8.61. The number of fused-ring (bicyclic) bond motifs is 1. The van der Waals surface area contributed by atoms with Gasteiger partial charge in [0.25, 0.3) is 5.91 Å². The number of imide groups is 1. The Labute approximate surface area is 187 Å². The summed E-state index contributed by atoms with van der Waals surface area (Å²) < 4.78 is 14.6. The van der Waals surface area contributed by atoms with Gasteiger partial charge in [-0.3, -0.25) is 19.7 Å². The van der Waals surface area contributed by atoms with Gasteiger partial charge in [0.05, 0.1) is 0 Å². The van der Waals surface area contributed by atoms with Crippen molar-refractivity contribution in [3.63, 3.8) is 0 Å². The Morgan fingerprint density at radius 1 is 1.00 bits per heavy atom. The quantitative estimate of drug-likeness (QED) is 0.708. The van der Waals surface area contributed by atoms with Gasteiger partial charge in [0.1, 0.15) is 11.9 Å². The van der Waals surface area contributed by atoms with Crippen molar-refractivity contribution < 1.29 is 18.8 Å². The predicted octanol–water partition coefficient (Wildman–Crippen LogP) is 3.05. The molecule has 168 valence electrons. The van der Waals surface area contributed by atoms with Crippen LogP contribution < -0.4 is 10.6 Å². The SMILES string of the molecule is Cc1ccccc1.O=C1CCC(N2Cc3cc(C4CCNCC4)c(F)cc3C2=O)C(=O)N1. The molecule has 2 aromatic rings. The molecule has 0 radical (unpaired) electrons. The van der Waals surface area contributed by atoms with Crippen LogP contribution in [0.1, 0.15) is 58.6 Å². The number of hydrogen-bond acceptors (Lipinski definition) is 4. The molecule has 5 rings (SSSR count). The van der Waals surface area contributed by atoms with Crippen molar-refractivity contribution in [3.8, 4) is 0 Å². The monoisotopic (exact) mass is 437 g/mol. The van der Waals surface area contributed by atoms with Crippen LogP contribution in [0.3, 0.4) is 0 Å². The van der Waals surface area contributed by atoms with Crippen LogP contribution in [-0.4, -0.2) is 41.8 Å². The minimum absolute atomic E-state index is 0.159. The molecule has 3 aliphatic rings. The number of piperidine rings is 2. The Bertz CT molecular complexity index is 1020. The van der Waals surface area contributed by atoms with E-state index >= 15 is 0 Å². The molecular weight excluding hydrogens is 409 g/mol. The fourth-order valence-electron chi connectivity index (χ4n) is 4.59. The highest BCUT2D eigenvalue weighted by Crippen LogP contribution is 2.34. The molecule has 3 heterocycles. The summed E-state index contributed by atoms with van der Waals surface area (Å²) in [7, 11) is 0. The molecule has 2 fully saturated rings. The van der Waals surface area contributed by atoms with Crippen molar-refractivity contribution >= 4 is 17.7 Å².